The van der Waals surface area contributed by atoms with Crippen LogP contribution in [0.15, 0.2) is 18.2 Å². The molecule has 1 saturated carbocycles. The van der Waals surface area contributed by atoms with Crippen molar-refractivity contribution >= 4 is 10.9 Å². The Morgan fingerprint density at radius 1 is 1.19 bits per heavy atom. The molecule has 1 heterocycles. The molecule has 3 N–H and O–H groups in total. The van der Waals surface area contributed by atoms with Crippen LogP contribution in [0.4, 0.5) is 0 Å². The molecule has 1 aromatic carbocycles. The minimum absolute atomic E-state index is 0.00303. The zero-order chi connectivity index (χ0) is 10.8. The molecule has 0 unspecified atom stereocenters. The van der Waals surface area contributed by atoms with Gasteiger partial charge < -0.3 is 10.7 Å². The fourth-order valence-corrected chi connectivity index (χ4v) is 2.98. The van der Waals surface area contributed by atoms with Crippen LogP contribution < -0.4 is 5.73 Å². The number of nitrogens with one attached hydrogen (secondary N) is 1. The van der Waals surface area contributed by atoms with Gasteiger partial charge in [-0.25, -0.2) is 0 Å². The average Bonchev–Trinajstić information content (AvgIpc) is 2.76. The highest BCUT2D eigenvalue weighted by Crippen LogP contribution is 2.44. The second-order valence-electron chi connectivity index (χ2n) is 5.35. The van der Waals surface area contributed by atoms with E-state index in [1.165, 1.54) is 41.4 Å². The molecule has 4 rings (SSSR count). The predicted octanol–water partition coefficient (Wildman–Crippen LogP) is 2.60. The van der Waals surface area contributed by atoms with Gasteiger partial charge in [0.25, 0.3) is 0 Å². The van der Waals surface area contributed by atoms with Crippen molar-refractivity contribution in [1.29, 1.82) is 0 Å². The van der Waals surface area contributed by atoms with Crippen LogP contribution in [0.3, 0.4) is 0 Å². The molecule has 0 bridgehead atoms. The van der Waals surface area contributed by atoms with E-state index in [2.05, 4.69) is 23.2 Å². The molecule has 0 atom stereocenters. The molecule has 1 fully saturated rings. The number of aromatic nitrogens is 1. The largest absolute Gasteiger partial charge is 0.358 e. The van der Waals surface area contributed by atoms with Gasteiger partial charge in [0, 0.05) is 22.1 Å². The van der Waals surface area contributed by atoms with E-state index in [1.807, 2.05) is 0 Å². The average molecular weight is 212 g/mol. The highest BCUT2D eigenvalue weighted by molar-refractivity contribution is 5.86. The Kier molecular flexibility index (Phi) is 1.48. The van der Waals surface area contributed by atoms with Crippen LogP contribution in [0.25, 0.3) is 10.9 Å². The molecule has 2 aliphatic carbocycles. The number of benzene rings is 1. The number of hydrogen-bond donors (Lipinski definition) is 2. The summed E-state index contributed by atoms with van der Waals surface area (Å²) in [5.41, 5.74) is 11.9. The third-order valence-corrected chi connectivity index (χ3v) is 4.21. The lowest BCUT2D eigenvalue weighted by molar-refractivity contribution is 0.741. The summed E-state index contributed by atoms with van der Waals surface area (Å²) < 4.78 is 0. The quantitative estimate of drug-likeness (QED) is 0.749. The summed E-state index contributed by atoms with van der Waals surface area (Å²) in [6.07, 6.45) is 6.04. The molecule has 0 spiro atoms. The van der Waals surface area contributed by atoms with Crippen LogP contribution >= 0.6 is 0 Å². The van der Waals surface area contributed by atoms with Crippen molar-refractivity contribution in [2.45, 2.75) is 37.6 Å². The number of nitrogens with two attached hydrogens (primary N) is 1. The lowest BCUT2D eigenvalue weighted by atomic mass is 10.0. The maximum Gasteiger partial charge on any atom is 0.0459 e. The minimum atomic E-state index is -0.00303. The van der Waals surface area contributed by atoms with Gasteiger partial charge in [0.2, 0.25) is 0 Å². The van der Waals surface area contributed by atoms with Gasteiger partial charge in [-0.2, -0.15) is 0 Å². The van der Waals surface area contributed by atoms with E-state index in [0.29, 0.717) is 0 Å². The molecule has 2 aromatic rings. The summed E-state index contributed by atoms with van der Waals surface area (Å²) >= 11 is 0. The third-order valence-electron chi connectivity index (χ3n) is 4.21. The molecule has 0 aliphatic heterocycles. The lowest BCUT2D eigenvalue weighted by Gasteiger charge is -2.09. The number of fused-ring (bicyclic) bond motifs is 3. The van der Waals surface area contributed by atoms with Crippen LogP contribution in [0, 0.1) is 0 Å². The molecule has 2 nitrogen and oxygen atoms in total. The molecule has 16 heavy (non-hydrogen) atoms. The van der Waals surface area contributed by atoms with Gasteiger partial charge in [0.05, 0.1) is 0 Å². The fourth-order valence-electron chi connectivity index (χ4n) is 2.98. The molecule has 0 amide bonds. The van der Waals surface area contributed by atoms with Gasteiger partial charge in [0.15, 0.2) is 0 Å². The van der Waals surface area contributed by atoms with E-state index >= 15 is 0 Å². The van der Waals surface area contributed by atoms with Gasteiger partial charge in [-0.3, -0.25) is 0 Å². The maximum atomic E-state index is 6.26. The van der Waals surface area contributed by atoms with E-state index < -0.39 is 0 Å². The van der Waals surface area contributed by atoms with Crippen LogP contribution in [0.1, 0.15) is 36.1 Å². The van der Waals surface area contributed by atoms with Crippen LogP contribution in [-0.4, -0.2) is 4.98 Å². The Hall–Kier alpha value is -1.28. The molecule has 0 radical (unpaired) electrons. The first-order valence-electron chi connectivity index (χ1n) is 6.19. The molecular weight excluding hydrogens is 196 g/mol. The van der Waals surface area contributed by atoms with Crippen molar-refractivity contribution in [3.05, 3.63) is 35.0 Å². The summed E-state index contributed by atoms with van der Waals surface area (Å²) in [6.45, 7) is 0. The Morgan fingerprint density at radius 2 is 2.06 bits per heavy atom. The van der Waals surface area contributed by atoms with Gasteiger partial charge in [-0.1, -0.05) is 6.07 Å². The van der Waals surface area contributed by atoms with Crippen molar-refractivity contribution in [3.8, 4) is 0 Å². The second kappa shape index (κ2) is 2.69. The van der Waals surface area contributed by atoms with Crippen LogP contribution in [0.2, 0.25) is 0 Å². The highest BCUT2D eigenvalue weighted by Gasteiger charge is 2.40. The first-order chi connectivity index (χ1) is 7.76. The smallest absolute Gasteiger partial charge is 0.0459 e. The first-order valence-corrected chi connectivity index (χ1v) is 6.19. The Balaban J connectivity index is 1.96. The number of aryl methyl sites for hydroxylation is 2. The van der Waals surface area contributed by atoms with Gasteiger partial charge in [-0.05, 0) is 55.4 Å². The zero-order valence-corrected chi connectivity index (χ0v) is 9.34. The summed E-state index contributed by atoms with van der Waals surface area (Å²) in [5.74, 6) is 0. The van der Waals surface area contributed by atoms with Crippen LogP contribution in [0.5, 0.6) is 0 Å². The fraction of sp³-hybridized carbons (Fsp3) is 0.429. The van der Waals surface area contributed by atoms with E-state index in [4.69, 9.17) is 5.73 Å². The number of aromatic amines is 1. The predicted molar refractivity (Wildman–Crippen MR) is 65.4 cm³/mol. The van der Waals surface area contributed by atoms with Crippen molar-refractivity contribution in [2.24, 2.45) is 5.73 Å². The van der Waals surface area contributed by atoms with Crippen molar-refractivity contribution < 1.29 is 0 Å². The highest BCUT2D eigenvalue weighted by atomic mass is 14.8. The molecule has 2 aliphatic rings. The van der Waals surface area contributed by atoms with E-state index in [9.17, 15) is 0 Å². The topological polar surface area (TPSA) is 41.8 Å². The normalized spacial score (nSPS) is 21.3. The summed E-state index contributed by atoms with van der Waals surface area (Å²) in [6, 6.07) is 6.72. The Bertz CT molecular complexity index is 576. The maximum absolute atomic E-state index is 6.26. The van der Waals surface area contributed by atoms with Crippen molar-refractivity contribution in [1.82, 2.24) is 4.98 Å². The van der Waals surface area contributed by atoms with Crippen molar-refractivity contribution in [2.75, 3.05) is 0 Å². The van der Waals surface area contributed by atoms with Gasteiger partial charge in [-0.15, -0.1) is 0 Å². The summed E-state index contributed by atoms with van der Waals surface area (Å²) in [4.78, 5) is 3.53. The van der Waals surface area contributed by atoms with Crippen LogP contribution in [-0.2, 0) is 18.4 Å². The van der Waals surface area contributed by atoms with E-state index in [0.717, 1.165) is 12.8 Å². The second-order valence-corrected chi connectivity index (χ2v) is 5.35. The van der Waals surface area contributed by atoms with E-state index in [1.54, 1.807) is 5.56 Å². The molecule has 82 valence electrons. The minimum Gasteiger partial charge on any atom is -0.358 e. The summed E-state index contributed by atoms with van der Waals surface area (Å²) in [5, 5.41) is 1.42. The number of rotatable bonds is 1. The molecule has 0 saturated heterocycles. The third kappa shape index (κ3) is 1.05. The molecular formula is C14H16N2. The monoisotopic (exact) mass is 212 g/mol. The zero-order valence-electron chi connectivity index (χ0n) is 9.34. The number of hydrogen-bond acceptors (Lipinski definition) is 1. The Labute approximate surface area is 94.8 Å². The first kappa shape index (κ1) is 8.82. The molecule has 2 heteroatoms. The van der Waals surface area contributed by atoms with E-state index in [-0.39, 0.29) is 5.54 Å². The molecule has 1 aromatic heterocycles. The standard InChI is InChI=1S/C14H16N2/c15-14(6-7-14)9-4-5-13-11(8-9)10-2-1-3-12(10)16-13/h4-5,8,16H,1-3,6-7,15H2. The lowest BCUT2D eigenvalue weighted by Crippen LogP contribution is -2.18. The SMILES string of the molecule is NC1(c2ccc3[nH]c4c(c3c2)CCC4)CC1. The van der Waals surface area contributed by atoms with Crippen molar-refractivity contribution in [3.63, 3.8) is 0 Å². The van der Waals surface area contributed by atoms with Gasteiger partial charge >= 0.3 is 0 Å². The van der Waals surface area contributed by atoms with Gasteiger partial charge in [0.1, 0.15) is 0 Å². The Morgan fingerprint density at radius 3 is 2.88 bits per heavy atom. The summed E-state index contributed by atoms with van der Waals surface area (Å²) in [7, 11) is 0. The number of H-pyrrole nitrogens is 1.